The molecular weight excluding hydrogens is 1160 g/mol. The van der Waals surface area contributed by atoms with Crippen LogP contribution in [0.1, 0.15) is 34.6 Å². The van der Waals surface area contributed by atoms with Crippen LogP contribution in [0.4, 0.5) is 27.1 Å². The molecule has 4 aromatic heterocycles. The summed E-state index contributed by atoms with van der Waals surface area (Å²) in [6.45, 7) is 18.1. The van der Waals surface area contributed by atoms with Crippen molar-refractivity contribution in [3.05, 3.63) is 95.2 Å². The molecule has 29 heteroatoms. The molecule has 0 bridgehead atoms. The third-order valence-electron chi connectivity index (χ3n) is 15.2. The molecule has 8 heterocycles. The Labute approximate surface area is 486 Å². The molecule has 0 spiro atoms. The van der Waals surface area contributed by atoms with Crippen molar-refractivity contribution < 1.29 is 34.4 Å². The Kier molecular flexibility index (Phi) is 17.4. The lowest BCUT2D eigenvalue weighted by Gasteiger charge is -2.47. The van der Waals surface area contributed by atoms with Gasteiger partial charge in [-0.3, -0.25) is 25.2 Å². The van der Waals surface area contributed by atoms with Gasteiger partial charge in [-0.25, -0.2) is 29.6 Å². The summed E-state index contributed by atoms with van der Waals surface area (Å²) in [5.41, 5.74) is 6.70. The normalized spacial score (nSPS) is 18.5. The summed E-state index contributed by atoms with van der Waals surface area (Å²) in [5, 5.41) is 33.0. The number of sulfonamides is 3. The molecule has 82 heavy (non-hydrogen) atoms. The Morgan fingerprint density at radius 2 is 0.927 bits per heavy atom. The van der Waals surface area contributed by atoms with Crippen LogP contribution in [0.15, 0.2) is 79.4 Å². The Hall–Kier alpha value is -6.33. The van der Waals surface area contributed by atoms with Crippen LogP contribution in [0.5, 0.6) is 0 Å². The van der Waals surface area contributed by atoms with Crippen LogP contribution in [-0.2, 0) is 34.9 Å². The molecule has 1 amide bonds. The third-order valence-corrected chi connectivity index (χ3v) is 19.8. The van der Waals surface area contributed by atoms with E-state index in [0.29, 0.717) is 81.0 Å². The van der Waals surface area contributed by atoms with Crippen LogP contribution in [-0.4, -0.2) is 211 Å². The molecule has 4 fully saturated rings. The Morgan fingerprint density at radius 1 is 0.500 bits per heavy atom. The van der Waals surface area contributed by atoms with Gasteiger partial charge in [-0.15, -0.1) is 0 Å². The molecule has 23 nitrogen and oxygen atoms in total. The fraction of sp³-hybridized carbons (Fsp3) is 0.453. The molecule has 442 valence electrons. The highest BCUT2D eigenvalue weighted by Gasteiger charge is 2.40. The summed E-state index contributed by atoms with van der Waals surface area (Å²) in [7, 11) is -9.44. The number of anilines is 4. The molecule has 0 radical (unpaired) electrons. The van der Waals surface area contributed by atoms with Crippen molar-refractivity contribution in [1.29, 1.82) is 0 Å². The molecular formula is C53H69Cl2FN16O7S3. The number of amides is 1. The zero-order valence-electron chi connectivity index (χ0n) is 47.0. The van der Waals surface area contributed by atoms with Gasteiger partial charge in [0.05, 0.1) is 76.8 Å². The van der Waals surface area contributed by atoms with Crippen molar-refractivity contribution in [3.8, 4) is 0 Å². The first-order valence-electron chi connectivity index (χ1n) is 26.5. The minimum Gasteiger partial charge on any atom is -0.369 e. The summed E-state index contributed by atoms with van der Waals surface area (Å²) >= 11 is 12.4. The molecule has 4 aromatic carbocycles. The first-order chi connectivity index (χ1) is 38.6. The van der Waals surface area contributed by atoms with E-state index in [1.165, 1.54) is 39.5 Å². The minimum atomic E-state index is -3.22. The summed E-state index contributed by atoms with van der Waals surface area (Å²) in [6.07, 6.45) is 10.8. The predicted octanol–water partition coefficient (Wildman–Crippen LogP) is 6.17. The van der Waals surface area contributed by atoms with Crippen LogP contribution in [0.25, 0.3) is 43.6 Å². The van der Waals surface area contributed by atoms with E-state index in [2.05, 4.69) is 75.4 Å². The minimum absolute atomic E-state index is 0.124. The number of nitrogens with zero attached hydrogens (tertiary/aromatic N) is 12. The molecule has 0 saturated carbocycles. The highest BCUT2D eigenvalue weighted by molar-refractivity contribution is 7.88. The fourth-order valence-electron chi connectivity index (χ4n) is 11.3. The van der Waals surface area contributed by atoms with E-state index in [1.807, 2.05) is 66.2 Å². The molecule has 8 aromatic rings. The number of piperazine rings is 4. The average molecular weight is 1230 g/mol. The number of aromatic nitrogens is 8. The number of hydrogen-bond donors (Lipinski definition) is 4. The van der Waals surface area contributed by atoms with Crippen molar-refractivity contribution in [1.82, 2.24) is 58.6 Å². The van der Waals surface area contributed by atoms with E-state index in [4.69, 9.17) is 23.2 Å². The maximum absolute atomic E-state index is 13.6. The van der Waals surface area contributed by atoms with Gasteiger partial charge in [0.25, 0.3) is 0 Å². The molecule has 4 saturated heterocycles. The Balaban J connectivity index is 0.000000132. The second-order valence-corrected chi connectivity index (χ2v) is 28.9. The smallest absolute Gasteiger partial charge is 0.220 e. The standard InChI is InChI=1S/C15H19ClN4O.C14H19ClN4O2S.C12H15FN4O2S.C12H16N4O2S/c1-10(21)20-5-4-19(9-15(20,2)3)14-7-11(16)6-13-12(14)8-17-18-13;1-14(2)9-18(4-5-19(14)22(3,20)21)13-7-10(15)6-12-11(13)8-16-17-12;1-20(18,19)17-4-2-16(3-5-17)12-7-9(13)6-11-10(12)8-14-15-11;1-19(17,18)16-6-4-15(5-7-16)11-2-3-12-10(8-11)9-13-14-12/h6-8H,4-5,9H2,1-3H3,(H,17,18);6-8H,4-5,9H2,1-3H3,(H,16,17);6-8H,2-5H2,1H3,(H,14,15);2-3,8-9H,4-7H2,1H3,(H,13,14). The summed E-state index contributed by atoms with van der Waals surface area (Å²) in [5.74, 6) is -0.207. The second-order valence-electron chi connectivity index (χ2n) is 22.2. The van der Waals surface area contributed by atoms with Crippen molar-refractivity contribution in [2.75, 3.05) is 130 Å². The zero-order valence-corrected chi connectivity index (χ0v) is 50.9. The number of rotatable bonds is 7. The van der Waals surface area contributed by atoms with Gasteiger partial charge < -0.3 is 24.5 Å². The number of halogens is 3. The number of carbonyl (C=O) groups is 1. The summed E-state index contributed by atoms with van der Waals surface area (Å²) in [4.78, 5) is 22.3. The number of hydrogen-bond acceptors (Lipinski definition) is 15. The SMILES string of the molecule is CC(=O)N1CCN(c2cc(Cl)cc3[nH]ncc23)CC1(C)C.CC1(C)CN(c2cc(Cl)cc3[nH]ncc23)CCN1S(C)(=O)=O.CS(=O)(=O)N1CCN(c2cc(F)cc3[nH]ncc23)CC1.CS(=O)(=O)N1CCN(c2ccc3[nH]ncc3c2)CC1. The molecule has 0 unspecified atom stereocenters. The molecule has 4 aliphatic heterocycles. The molecule has 0 aliphatic carbocycles. The molecule has 4 N–H and O–H groups in total. The number of fused-ring (bicyclic) bond motifs is 4. The first-order valence-corrected chi connectivity index (χ1v) is 32.8. The van der Waals surface area contributed by atoms with E-state index in [9.17, 15) is 34.4 Å². The molecule has 4 aliphatic rings. The third kappa shape index (κ3) is 13.7. The van der Waals surface area contributed by atoms with Crippen molar-refractivity contribution in [2.45, 2.75) is 45.7 Å². The van der Waals surface area contributed by atoms with Gasteiger partial charge in [0.1, 0.15) is 5.82 Å². The van der Waals surface area contributed by atoms with Crippen molar-refractivity contribution in [3.63, 3.8) is 0 Å². The monoisotopic (exact) mass is 1230 g/mol. The number of benzene rings is 4. The lowest BCUT2D eigenvalue weighted by Crippen LogP contribution is -2.60. The summed E-state index contributed by atoms with van der Waals surface area (Å²) < 4.78 is 87.9. The highest BCUT2D eigenvalue weighted by Crippen LogP contribution is 2.36. The fourth-order valence-corrected chi connectivity index (χ4v) is 14.8. The molecule has 12 rings (SSSR count). The van der Waals surface area contributed by atoms with E-state index < -0.39 is 35.6 Å². The van der Waals surface area contributed by atoms with Crippen LogP contribution in [0.2, 0.25) is 10.0 Å². The quantitative estimate of drug-likeness (QED) is 0.139. The predicted molar refractivity (Wildman–Crippen MR) is 323 cm³/mol. The van der Waals surface area contributed by atoms with E-state index in [-0.39, 0.29) is 17.3 Å². The number of carbonyl (C=O) groups excluding carboxylic acids is 1. The van der Waals surface area contributed by atoms with Crippen molar-refractivity contribution in [2.24, 2.45) is 0 Å². The highest BCUT2D eigenvalue weighted by atomic mass is 35.5. The maximum Gasteiger partial charge on any atom is 0.220 e. The van der Waals surface area contributed by atoms with Crippen LogP contribution >= 0.6 is 23.2 Å². The first kappa shape index (κ1) is 60.3. The maximum atomic E-state index is 13.6. The van der Waals surface area contributed by atoms with E-state index >= 15 is 0 Å². The average Bonchev–Trinajstić information content (AvgIpc) is 4.30. The molecule has 0 atom stereocenters. The van der Waals surface area contributed by atoms with Gasteiger partial charge in [-0.2, -0.15) is 33.3 Å². The number of nitrogens with one attached hydrogen (secondary N) is 4. The van der Waals surface area contributed by atoms with E-state index in [0.717, 1.165) is 87.0 Å². The van der Waals surface area contributed by atoms with Crippen molar-refractivity contribution >= 4 is 126 Å². The lowest BCUT2D eigenvalue weighted by atomic mass is 9.97. The second kappa shape index (κ2) is 23.7. The number of H-pyrrole nitrogens is 4. The van der Waals surface area contributed by atoms with Gasteiger partial charge >= 0.3 is 0 Å². The van der Waals surface area contributed by atoms with Crippen LogP contribution in [0.3, 0.4) is 0 Å². The van der Waals surface area contributed by atoms with E-state index in [1.54, 1.807) is 29.8 Å². The van der Waals surface area contributed by atoms with Crippen LogP contribution < -0.4 is 19.6 Å². The topological polar surface area (TPSA) is 260 Å². The number of aromatic amines is 4. The van der Waals surface area contributed by atoms with Gasteiger partial charge in [0.15, 0.2) is 0 Å². The largest absolute Gasteiger partial charge is 0.369 e. The lowest BCUT2D eigenvalue weighted by molar-refractivity contribution is -0.134. The van der Waals surface area contributed by atoms with Gasteiger partial charge in [-0.05, 0) is 82.3 Å². The Morgan fingerprint density at radius 3 is 1.39 bits per heavy atom. The Bertz CT molecular complexity index is 3950. The van der Waals surface area contributed by atoms with Gasteiger partial charge in [0, 0.05) is 153 Å². The van der Waals surface area contributed by atoms with Crippen LogP contribution in [0, 0.1) is 5.82 Å². The van der Waals surface area contributed by atoms with Gasteiger partial charge in [-0.1, -0.05) is 23.2 Å². The van der Waals surface area contributed by atoms with Gasteiger partial charge in [0.2, 0.25) is 36.0 Å². The summed E-state index contributed by atoms with van der Waals surface area (Å²) in [6, 6.07) is 16.6. The zero-order chi connectivity index (χ0) is 59.1.